The van der Waals surface area contributed by atoms with Crippen LogP contribution in [0.4, 0.5) is 14.5 Å². The maximum atomic E-state index is 12.7. The van der Waals surface area contributed by atoms with Crippen molar-refractivity contribution in [3.8, 4) is 5.75 Å². The Morgan fingerprint density at radius 1 is 1.21 bits per heavy atom. The summed E-state index contributed by atoms with van der Waals surface area (Å²) in [6, 6.07) is 10.2. The van der Waals surface area contributed by atoms with Crippen LogP contribution < -0.4 is 15.4 Å². The van der Waals surface area contributed by atoms with Gasteiger partial charge in [-0.15, -0.1) is 0 Å². The number of hydrogen-bond donors (Lipinski definition) is 2. The van der Waals surface area contributed by atoms with Gasteiger partial charge in [-0.1, -0.05) is 23.9 Å². The average molecular weight is 475 g/mol. The van der Waals surface area contributed by atoms with Gasteiger partial charge in [-0.25, -0.2) is 0 Å². The molecule has 1 atom stereocenters. The summed E-state index contributed by atoms with van der Waals surface area (Å²) in [4.78, 5) is 50.1. The molecule has 0 saturated carbocycles. The molecule has 1 fully saturated rings. The molecule has 0 spiro atoms. The lowest BCUT2D eigenvalue weighted by molar-refractivity contribution is -0.137. The topological polar surface area (TPSA) is 105 Å². The van der Waals surface area contributed by atoms with E-state index in [1.165, 1.54) is 17.0 Å². The number of benzene rings is 2. The quantitative estimate of drug-likeness (QED) is 0.471. The Labute approximate surface area is 191 Å². The number of thioether (sulfide) groups is 1. The second-order valence-corrected chi connectivity index (χ2v) is 8.46. The third-order valence-corrected chi connectivity index (χ3v) is 6.03. The maximum absolute atomic E-state index is 12.7. The summed E-state index contributed by atoms with van der Waals surface area (Å²) in [6.45, 7) is -0.181. The molecule has 4 amide bonds. The summed E-state index contributed by atoms with van der Waals surface area (Å²) >= 11 is 0.335. The summed E-state index contributed by atoms with van der Waals surface area (Å²) in [7, 11) is 0. The lowest BCUT2D eigenvalue weighted by Crippen LogP contribution is -2.52. The molecular formula is C22H19F2N3O5S. The number of piperidine rings is 1. The number of nitrogens with one attached hydrogen (secondary N) is 2. The fourth-order valence-electron chi connectivity index (χ4n) is 3.74. The summed E-state index contributed by atoms with van der Waals surface area (Å²) < 4.78 is 30.9. The van der Waals surface area contributed by atoms with E-state index >= 15 is 0 Å². The molecule has 2 aliphatic rings. The van der Waals surface area contributed by atoms with E-state index in [1.54, 1.807) is 30.3 Å². The zero-order chi connectivity index (χ0) is 23.5. The number of nitrogens with zero attached hydrogens (tertiary/aromatic N) is 1. The van der Waals surface area contributed by atoms with E-state index in [9.17, 15) is 28.0 Å². The highest BCUT2D eigenvalue weighted by Crippen LogP contribution is 2.32. The highest BCUT2D eigenvalue weighted by Gasteiger charge is 2.39. The van der Waals surface area contributed by atoms with Crippen LogP contribution in [0.2, 0.25) is 0 Å². The highest BCUT2D eigenvalue weighted by molar-refractivity contribution is 7.99. The number of halogens is 2. The predicted octanol–water partition coefficient (Wildman–Crippen LogP) is 2.78. The number of para-hydroxylation sites is 1. The third kappa shape index (κ3) is 5.14. The van der Waals surface area contributed by atoms with Crippen LogP contribution in [-0.2, 0) is 20.9 Å². The van der Waals surface area contributed by atoms with Gasteiger partial charge in [0.2, 0.25) is 11.8 Å². The monoisotopic (exact) mass is 475 g/mol. The molecule has 0 aliphatic carbocycles. The van der Waals surface area contributed by atoms with Crippen molar-refractivity contribution in [1.29, 1.82) is 0 Å². The Hall–Kier alpha value is -3.47. The standard InChI is InChI=1S/C22H19F2N3O5S/c23-22(24)33-17-4-2-1-3-15(17)25-19(29)11-32-13-5-6-14-12(9-13)10-27(21(14)31)16-7-8-18(28)26-20(16)30/h1-6,9,16,22H,7-8,10-11H2,(H,25,29)(H,26,28,30). The van der Waals surface area contributed by atoms with Crippen LogP contribution in [0.25, 0.3) is 0 Å². The lowest BCUT2D eigenvalue weighted by atomic mass is 10.0. The lowest BCUT2D eigenvalue weighted by Gasteiger charge is -2.29. The van der Waals surface area contributed by atoms with E-state index < -0.39 is 23.6 Å². The van der Waals surface area contributed by atoms with Gasteiger partial charge < -0.3 is 15.0 Å². The van der Waals surface area contributed by atoms with E-state index in [-0.39, 0.29) is 48.4 Å². The minimum atomic E-state index is -2.62. The molecule has 4 rings (SSSR count). The summed E-state index contributed by atoms with van der Waals surface area (Å²) in [5.74, 6) is -3.96. The molecule has 2 aliphatic heterocycles. The van der Waals surface area contributed by atoms with Crippen molar-refractivity contribution in [2.24, 2.45) is 0 Å². The number of carbonyl (C=O) groups excluding carboxylic acids is 4. The number of fused-ring (bicyclic) bond motifs is 1. The van der Waals surface area contributed by atoms with Crippen LogP contribution in [0.3, 0.4) is 0 Å². The van der Waals surface area contributed by atoms with Crippen molar-refractivity contribution in [3.05, 3.63) is 53.6 Å². The van der Waals surface area contributed by atoms with Gasteiger partial charge in [-0.2, -0.15) is 8.78 Å². The molecular weight excluding hydrogens is 456 g/mol. The van der Waals surface area contributed by atoms with Crippen LogP contribution in [0.15, 0.2) is 47.4 Å². The van der Waals surface area contributed by atoms with Crippen molar-refractivity contribution >= 4 is 41.1 Å². The van der Waals surface area contributed by atoms with Crippen molar-refractivity contribution in [2.75, 3.05) is 11.9 Å². The van der Waals surface area contributed by atoms with E-state index in [1.807, 2.05) is 0 Å². The van der Waals surface area contributed by atoms with E-state index in [4.69, 9.17) is 4.74 Å². The molecule has 2 heterocycles. The minimum absolute atomic E-state index is 0.166. The molecule has 1 unspecified atom stereocenters. The summed E-state index contributed by atoms with van der Waals surface area (Å²) in [6.07, 6.45) is 0.429. The van der Waals surface area contributed by atoms with Gasteiger partial charge >= 0.3 is 0 Å². The number of amides is 4. The second-order valence-electron chi connectivity index (χ2n) is 7.43. The van der Waals surface area contributed by atoms with Crippen molar-refractivity contribution in [3.63, 3.8) is 0 Å². The molecule has 11 heteroatoms. The molecule has 0 bridgehead atoms. The first-order valence-corrected chi connectivity index (χ1v) is 10.9. The first-order chi connectivity index (χ1) is 15.8. The van der Waals surface area contributed by atoms with Crippen LogP contribution in [0, 0.1) is 0 Å². The third-order valence-electron chi connectivity index (χ3n) is 5.24. The summed E-state index contributed by atoms with van der Waals surface area (Å²) in [5, 5.41) is 4.80. The largest absolute Gasteiger partial charge is 0.484 e. The number of alkyl halides is 2. The molecule has 0 aromatic heterocycles. The number of carbonyl (C=O) groups is 4. The Morgan fingerprint density at radius 3 is 2.76 bits per heavy atom. The van der Waals surface area contributed by atoms with Crippen LogP contribution in [0.1, 0.15) is 28.8 Å². The Kier molecular flexibility index (Phi) is 6.59. The number of anilines is 1. The fraction of sp³-hybridized carbons (Fsp3) is 0.273. The van der Waals surface area contributed by atoms with Crippen molar-refractivity contribution in [1.82, 2.24) is 10.2 Å². The Bertz CT molecular complexity index is 1130. The van der Waals surface area contributed by atoms with E-state index in [2.05, 4.69) is 10.6 Å². The molecule has 172 valence electrons. The molecule has 2 aromatic rings. The van der Waals surface area contributed by atoms with Gasteiger partial charge in [-0.05, 0) is 42.3 Å². The van der Waals surface area contributed by atoms with Gasteiger partial charge in [0, 0.05) is 23.4 Å². The smallest absolute Gasteiger partial charge is 0.288 e. The Balaban J connectivity index is 1.37. The van der Waals surface area contributed by atoms with Crippen molar-refractivity contribution in [2.45, 2.75) is 36.1 Å². The van der Waals surface area contributed by atoms with Crippen molar-refractivity contribution < 1.29 is 32.7 Å². The number of ether oxygens (including phenoxy) is 1. The first kappa shape index (κ1) is 22.7. The zero-order valence-corrected chi connectivity index (χ0v) is 18.0. The molecule has 0 radical (unpaired) electrons. The number of rotatable bonds is 7. The average Bonchev–Trinajstić information content (AvgIpc) is 3.09. The molecule has 2 aromatic carbocycles. The first-order valence-electron chi connectivity index (χ1n) is 10.1. The molecule has 1 saturated heterocycles. The zero-order valence-electron chi connectivity index (χ0n) is 17.2. The van der Waals surface area contributed by atoms with Crippen LogP contribution in [-0.4, -0.2) is 46.9 Å². The maximum Gasteiger partial charge on any atom is 0.288 e. The minimum Gasteiger partial charge on any atom is -0.484 e. The van der Waals surface area contributed by atoms with Gasteiger partial charge in [0.05, 0.1) is 5.69 Å². The van der Waals surface area contributed by atoms with E-state index in [0.29, 0.717) is 28.6 Å². The highest BCUT2D eigenvalue weighted by atomic mass is 32.2. The normalized spacial score (nSPS) is 17.7. The number of hydrogen-bond acceptors (Lipinski definition) is 6. The van der Waals surface area contributed by atoms with E-state index in [0.717, 1.165) is 0 Å². The molecule has 8 nitrogen and oxygen atoms in total. The molecule has 2 N–H and O–H groups in total. The van der Waals surface area contributed by atoms with Gasteiger partial charge in [0.1, 0.15) is 11.8 Å². The van der Waals surface area contributed by atoms with Gasteiger partial charge in [0.25, 0.3) is 17.6 Å². The van der Waals surface area contributed by atoms with Gasteiger partial charge in [0.15, 0.2) is 6.61 Å². The van der Waals surface area contributed by atoms with Gasteiger partial charge in [-0.3, -0.25) is 24.5 Å². The molecule has 33 heavy (non-hydrogen) atoms. The van der Waals surface area contributed by atoms with Crippen LogP contribution >= 0.6 is 11.8 Å². The fourth-order valence-corrected chi connectivity index (χ4v) is 4.34. The number of imide groups is 1. The summed E-state index contributed by atoms with van der Waals surface area (Å²) in [5.41, 5.74) is 1.33. The predicted molar refractivity (Wildman–Crippen MR) is 115 cm³/mol. The second kappa shape index (κ2) is 9.57. The SMILES string of the molecule is O=C1CCC(N2Cc3cc(OCC(=O)Nc4ccccc4SC(F)F)ccc3C2=O)C(=O)N1. The van der Waals surface area contributed by atoms with Crippen LogP contribution in [0.5, 0.6) is 5.75 Å². The Morgan fingerprint density at radius 2 is 2.00 bits per heavy atom.